The fourth-order valence-corrected chi connectivity index (χ4v) is 3.55. The molecule has 0 aliphatic heterocycles. The molecule has 10 N–H and O–H groups in total. The zero-order valence-corrected chi connectivity index (χ0v) is 21.0. The Kier molecular flexibility index (Phi) is 15.9. The first kappa shape index (κ1) is 31.6. The molecule has 0 bridgehead atoms. The average Bonchev–Trinajstić information content (AvgIpc) is 2.74. The first-order chi connectivity index (χ1) is 15.9. The van der Waals surface area contributed by atoms with E-state index in [2.05, 4.69) is 16.0 Å². The Bertz CT molecular complexity index is 693. The monoisotopic (exact) mass is 504 g/mol. The lowest BCUT2D eigenvalue weighted by atomic mass is 10.0. The lowest BCUT2D eigenvalue weighted by Crippen LogP contribution is -2.58. The van der Waals surface area contributed by atoms with Gasteiger partial charge in [0.1, 0.15) is 18.1 Å². The summed E-state index contributed by atoms with van der Waals surface area (Å²) in [7, 11) is 0. The average molecular weight is 505 g/mol. The van der Waals surface area contributed by atoms with Crippen LogP contribution >= 0.6 is 11.8 Å². The van der Waals surface area contributed by atoms with Crippen LogP contribution in [0.1, 0.15) is 52.4 Å². The third-order valence-corrected chi connectivity index (χ3v) is 5.55. The van der Waals surface area contributed by atoms with Crippen molar-refractivity contribution in [1.82, 2.24) is 16.0 Å². The van der Waals surface area contributed by atoms with E-state index >= 15 is 0 Å². The molecule has 0 aliphatic carbocycles. The van der Waals surface area contributed by atoms with Crippen LogP contribution in [-0.4, -0.2) is 77.4 Å². The number of nitrogens with one attached hydrogen (secondary N) is 3. The molecule has 4 atom stereocenters. The highest BCUT2D eigenvalue weighted by Gasteiger charge is 2.31. The first-order valence-corrected chi connectivity index (χ1v) is 12.7. The summed E-state index contributed by atoms with van der Waals surface area (Å²) < 4.78 is 0. The molecule has 0 rings (SSSR count). The van der Waals surface area contributed by atoms with Crippen LogP contribution in [0.5, 0.6) is 0 Å². The summed E-state index contributed by atoms with van der Waals surface area (Å²) in [6.07, 6.45) is 3.22. The number of carboxylic acid groups (broad SMARTS) is 1. The third kappa shape index (κ3) is 13.4. The van der Waals surface area contributed by atoms with Crippen LogP contribution in [-0.2, 0) is 24.0 Å². The minimum atomic E-state index is -1.40. The Hall–Kier alpha value is -2.38. The maximum absolute atomic E-state index is 12.9. The fourth-order valence-electron chi connectivity index (χ4n) is 3.06. The molecule has 0 aromatic carbocycles. The summed E-state index contributed by atoms with van der Waals surface area (Å²) in [5.74, 6) is -3.49. The predicted octanol–water partition coefficient (Wildman–Crippen LogP) is -1.34. The second-order valence-electron chi connectivity index (χ2n) is 8.49. The van der Waals surface area contributed by atoms with Gasteiger partial charge in [-0.25, -0.2) is 4.79 Å². The Morgan fingerprint density at radius 3 is 1.94 bits per heavy atom. The van der Waals surface area contributed by atoms with Gasteiger partial charge in [0.15, 0.2) is 0 Å². The van der Waals surface area contributed by atoms with E-state index in [1.807, 2.05) is 20.1 Å². The number of amides is 4. The summed E-state index contributed by atoms with van der Waals surface area (Å²) in [5, 5.41) is 16.8. The SMILES string of the molecule is CSCCC(N)C(=O)NC(CC(C)C)C(=O)NC(CC(N)=O)C(=O)NC(CCCCN)C(=O)O. The quantitative estimate of drug-likeness (QED) is 0.110. The van der Waals surface area contributed by atoms with Gasteiger partial charge in [0.2, 0.25) is 23.6 Å². The van der Waals surface area contributed by atoms with Crippen molar-refractivity contribution in [2.45, 2.75) is 76.5 Å². The lowest BCUT2D eigenvalue weighted by Gasteiger charge is -2.25. The summed E-state index contributed by atoms with van der Waals surface area (Å²) in [5.41, 5.74) is 16.5. The molecule has 13 heteroatoms. The molecule has 0 radical (unpaired) electrons. The second kappa shape index (κ2) is 17.1. The molecule has 196 valence electrons. The molecule has 12 nitrogen and oxygen atoms in total. The molecule has 34 heavy (non-hydrogen) atoms. The summed E-state index contributed by atoms with van der Waals surface area (Å²) in [6, 6.07) is -4.43. The smallest absolute Gasteiger partial charge is 0.326 e. The van der Waals surface area contributed by atoms with Crippen molar-refractivity contribution >= 4 is 41.4 Å². The first-order valence-electron chi connectivity index (χ1n) is 11.3. The van der Waals surface area contributed by atoms with Crippen molar-refractivity contribution in [1.29, 1.82) is 0 Å². The number of carbonyl (C=O) groups is 5. The van der Waals surface area contributed by atoms with Gasteiger partial charge in [-0.1, -0.05) is 13.8 Å². The van der Waals surface area contributed by atoms with Crippen molar-refractivity contribution in [3.05, 3.63) is 0 Å². The van der Waals surface area contributed by atoms with E-state index in [1.165, 1.54) is 11.8 Å². The highest BCUT2D eigenvalue weighted by atomic mass is 32.2. The third-order valence-electron chi connectivity index (χ3n) is 4.91. The number of rotatable bonds is 18. The van der Waals surface area contributed by atoms with Gasteiger partial charge in [-0.2, -0.15) is 11.8 Å². The van der Waals surface area contributed by atoms with E-state index in [-0.39, 0.29) is 18.8 Å². The van der Waals surface area contributed by atoms with Crippen LogP contribution in [0.25, 0.3) is 0 Å². The second-order valence-corrected chi connectivity index (χ2v) is 9.48. The van der Waals surface area contributed by atoms with E-state index in [9.17, 15) is 29.1 Å². The molecular formula is C21H40N6O6S. The molecule has 0 heterocycles. The van der Waals surface area contributed by atoms with E-state index in [0.29, 0.717) is 31.6 Å². The minimum absolute atomic E-state index is 0.0147. The Morgan fingerprint density at radius 1 is 0.882 bits per heavy atom. The molecule has 0 aliphatic rings. The lowest BCUT2D eigenvalue weighted by molar-refractivity contribution is -0.142. The van der Waals surface area contributed by atoms with Crippen molar-refractivity contribution in [2.75, 3.05) is 18.6 Å². The van der Waals surface area contributed by atoms with Crippen molar-refractivity contribution in [2.24, 2.45) is 23.1 Å². The molecule has 0 fully saturated rings. The van der Waals surface area contributed by atoms with E-state index in [1.54, 1.807) is 0 Å². The highest BCUT2D eigenvalue weighted by Crippen LogP contribution is 2.08. The standard InChI is InChI=1S/C21H40N6O6S/c1-12(2)10-15(26-18(29)13(23)7-9-34-3)19(30)27-16(11-17(24)28)20(31)25-14(21(32)33)6-4-5-8-22/h12-16H,4-11,22-23H2,1-3H3,(H2,24,28)(H,25,31)(H,26,29)(H,27,30)(H,32,33). The molecule has 0 saturated heterocycles. The van der Waals surface area contributed by atoms with Crippen molar-refractivity contribution in [3.63, 3.8) is 0 Å². The number of primary amides is 1. The molecule has 4 unspecified atom stereocenters. The van der Waals surface area contributed by atoms with Crippen LogP contribution < -0.4 is 33.2 Å². The molecule has 0 saturated carbocycles. The van der Waals surface area contributed by atoms with E-state index < -0.39 is 60.2 Å². The van der Waals surface area contributed by atoms with Gasteiger partial charge in [-0.05, 0) is 56.6 Å². The van der Waals surface area contributed by atoms with E-state index in [4.69, 9.17) is 17.2 Å². The Morgan fingerprint density at radius 2 is 1.44 bits per heavy atom. The van der Waals surface area contributed by atoms with Gasteiger partial charge in [-0.3, -0.25) is 19.2 Å². The minimum Gasteiger partial charge on any atom is -0.480 e. The van der Waals surface area contributed by atoms with Gasteiger partial charge in [0, 0.05) is 0 Å². The maximum atomic E-state index is 12.9. The van der Waals surface area contributed by atoms with Crippen LogP contribution in [0.4, 0.5) is 0 Å². The molecule has 0 aromatic heterocycles. The predicted molar refractivity (Wildman–Crippen MR) is 131 cm³/mol. The number of thioether (sulfide) groups is 1. The number of carbonyl (C=O) groups excluding carboxylic acids is 4. The Balaban J connectivity index is 5.43. The zero-order valence-electron chi connectivity index (χ0n) is 20.2. The number of nitrogens with two attached hydrogens (primary N) is 3. The maximum Gasteiger partial charge on any atom is 0.326 e. The van der Waals surface area contributed by atoms with Gasteiger partial charge < -0.3 is 38.3 Å². The number of hydrogen-bond donors (Lipinski definition) is 7. The van der Waals surface area contributed by atoms with Crippen LogP contribution in [0.15, 0.2) is 0 Å². The number of unbranched alkanes of at least 4 members (excludes halogenated alkanes) is 1. The van der Waals surface area contributed by atoms with Crippen molar-refractivity contribution < 1.29 is 29.1 Å². The highest BCUT2D eigenvalue weighted by molar-refractivity contribution is 7.98. The number of aliphatic carboxylic acids is 1. The normalized spacial score (nSPS) is 14.5. The number of carboxylic acids is 1. The van der Waals surface area contributed by atoms with Gasteiger partial charge in [-0.15, -0.1) is 0 Å². The zero-order chi connectivity index (χ0) is 26.3. The summed E-state index contributed by atoms with van der Waals surface area (Å²) >= 11 is 1.54. The van der Waals surface area contributed by atoms with Crippen LogP contribution in [0.3, 0.4) is 0 Å². The fraction of sp³-hybridized carbons (Fsp3) is 0.762. The molecular weight excluding hydrogens is 464 g/mol. The van der Waals surface area contributed by atoms with Crippen molar-refractivity contribution in [3.8, 4) is 0 Å². The number of hydrogen-bond acceptors (Lipinski definition) is 8. The Labute approximate surface area is 204 Å². The van der Waals surface area contributed by atoms with Gasteiger partial charge >= 0.3 is 5.97 Å². The summed E-state index contributed by atoms with van der Waals surface area (Å²) in [6.45, 7) is 4.09. The largest absolute Gasteiger partial charge is 0.480 e. The van der Waals surface area contributed by atoms with Gasteiger partial charge in [0.25, 0.3) is 0 Å². The topological polar surface area (TPSA) is 220 Å². The molecule has 4 amide bonds. The van der Waals surface area contributed by atoms with E-state index in [0.717, 1.165) is 0 Å². The summed E-state index contributed by atoms with van der Waals surface area (Å²) in [4.78, 5) is 61.1. The van der Waals surface area contributed by atoms with Crippen LogP contribution in [0, 0.1) is 5.92 Å². The molecule has 0 aromatic rings. The molecule has 0 spiro atoms. The van der Waals surface area contributed by atoms with Crippen LogP contribution in [0.2, 0.25) is 0 Å². The van der Waals surface area contributed by atoms with Gasteiger partial charge in [0.05, 0.1) is 12.5 Å².